The lowest BCUT2D eigenvalue weighted by Gasteiger charge is -2.23. The Labute approximate surface area is 118 Å². The number of fused-ring (bicyclic) bond motifs is 1. The molecule has 1 saturated heterocycles. The van der Waals surface area contributed by atoms with Crippen molar-refractivity contribution in [2.75, 3.05) is 13.1 Å². The highest BCUT2D eigenvalue weighted by Gasteiger charge is 2.17. The molecule has 1 aromatic heterocycles. The van der Waals surface area contributed by atoms with E-state index in [-0.39, 0.29) is 11.4 Å². The van der Waals surface area contributed by atoms with Gasteiger partial charge >= 0.3 is 0 Å². The first-order chi connectivity index (χ1) is 9.74. The van der Waals surface area contributed by atoms with Crippen LogP contribution in [-0.2, 0) is 0 Å². The van der Waals surface area contributed by atoms with Gasteiger partial charge in [0, 0.05) is 11.5 Å². The van der Waals surface area contributed by atoms with Crippen molar-refractivity contribution in [1.82, 2.24) is 10.3 Å². The van der Waals surface area contributed by atoms with Crippen LogP contribution in [0.5, 0.6) is 0 Å². The van der Waals surface area contributed by atoms with Crippen LogP contribution in [0.15, 0.2) is 29.1 Å². The zero-order valence-electron chi connectivity index (χ0n) is 12.0. The van der Waals surface area contributed by atoms with Crippen LogP contribution in [-0.4, -0.2) is 18.1 Å². The lowest BCUT2D eigenvalue weighted by Crippen LogP contribution is -2.26. The minimum atomic E-state index is -0.253. The second kappa shape index (κ2) is 6.66. The molecule has 1 aliphatic heterocycles. The zero-order chi connectivity index (χ0) is 14.5. The van der Waals surface area contributed by atoms with E-state index in [0.29, 0.717) is 16.8 Å². The minimum absolute atomic E-state index is 0.190. The molecule has 1 aliphatic rings. The van der Waals surface area contributed by atoms with Gasteiger partial charge in [0.2, 0.25) is 5.56 Å². The predicted molar refractivity (Wildman–Crippen MR) is 80.7 cm³/mol. The van der Waals surface area contributed by atoms with Gasteiger partial charge in [-0.05, 0) is 55.6 Å². The molecule has 20 heavy (non-hydrogen) atoms. The van der Waals surface area contributed by atoms with E-state index in [1.807, 2.05) is 19.9 Å². The monoisotopic (exact) mass is 276 g/mol. The van der Waals surface area contributed by atoms with Gasteiger partial charge < -0.3 is 10.3 Å². The highest BCUT2D eigenvalue weighted by atomic mass is 19.1. The van der Waals surface area contributed by atoms with E-state index in [0.717, 1.165) is 31.5 Å². The molecule has 0 aliphatic carbocycles. The molecule has 0 spiro atoms. The van der Waals surface area contributed by atoms with Gasteiger partial charge in [-0.3, -0.25) is 4.79 Å². The molecule has 0 bridgehead atoms. The van der Waals surface area contributed by atoms with Crippen molar-refractivity contribution < 1.29 is 4.39 Å². The van der Waals surface area contributed by atoms with Crippen LogP contribution in [0.4, 0.5) is 4.39 Å². The number of pyridine rings is 1. The molecule has 2 heterocycles. The highest BCUT2D eigenvalue weighted by molar-refractivity contribution is 5.79. The van der Waals surface area contributed by atoms with Gasteiger partial charge in [-0.1, -0.05) is 13.8 Å². The Morgan fingerprint density at radius 3 is 2.55 bits per heavy atom. The largest absolute Gasteiger partial charge is 0.322 e. The zero-order valence-corrected chi connectivity index (χ0v) is 12.0. The van der Waals surface area contributed by atoms with Crippen molar-refractivity contribution in [2.24, 2.45) is 0 Å². The maximum absolute atomic E-state index is 14.0. The number of nitrogens with one attached hydrogen (secondary N) is 2. The lowest BCUT2D eigenvalue weighted by molar-refractivity contribution is 0.459. The Balaban J connectivity index is 0.000000704. The molecular weight excluding hydrogens is 255 g/mol. The molecule has 1 fully saturated rings. The van der Waals surface area contributed by atoms with Gasteiger partial charge in [0.1, 0.15) is 5.82 Å². The van der Waals surface area contributed by atoms with Gasteiger partial charge in [0.25, 0.3) is 0 Å². The Bertz CT molecular complexity index is 630. The average molecular weight is 276 g/mol. The molecule has 0 saturated carbocycles. The van der Waals surface area contributed by atoms with Crippen molar-refractivity contribution in [3.8, 4) is 0 Å². The van der Waals surface area contributed by atoms with Crippen LogP contribution in [0, 0.1) is 5.82 Å². The summed E-state index contributed by atoms with van der Waals surface area (Å²) >= 11 is 0. The van der Waals surface area contributed by atoms with E-state index in [1.54, 1.807) is 6.07 Å². The summed E-state index contributed by atoms with van der Waals surface area (Å²) in [7, 11) is 0. The van der Waals surface area contributed by atoms with Crippen molar-refractivity contribution in [2.45, 2.75) is 32.6 Å². The molecule has 0 unspecified atom stereocenters. The van der Waals surface area contributed by atoms with Crippen LogP contribution in [0.3, 0.4) is 0 Å². The van der Waals surface area contributed by atoms with Crippen molar-refractivity contribution in [1.29, 1.82) is 0 Å². The van der Waals surface area contributed by atoms with E-state index in [2.05, 4.69) is 10.3 Å². The smallest absolute Gasteiger partial charge is 0.248 e. The van der Waals surface area contributed by atoms with Crippen molar-refractivity contribution in [3.63, 3.8) is 0 Å². The average Bonchev–Trinajstić information content (AvgIpc) is 2.49. The third kappa shape index (κ3) is 3.07. The fraction of sp³-hybridized carbons (Fsp3) is 0.438. The summed E-state index contributed by atoms with van der Waals surface area (Å²) in [5.74, 6) is 0.131. The second-order valence-corrected chi connectivity index (χ2v) is 4.81. The molecule has 2 N–H and O–H groups in total. The van der Waals surface area contributed by atoms with Crippen LogP contribution < -0.4 is 10.9 Å². The van der Waals surface area contributed by atoms with Crippen LogP contribution in [0.2, 0.25) is 0 Å². The molecule has 0 radical (unpaired) electrons. The molecule has 3 rings (SSSR count). The van der Waals surface area contributed by atoms with Crippen LogP contribution >= 0.6 is 0 Å². The van der Waals surface area contributed by atoms with Gasteiger partial charge in [-0.25, -0.2) is 4.39 Å². The Hall–Kier alpha value is -1.68. The van der Waals surface area contributed by atoms with Crippen LogP contribution in [0.25, 0.3) is 10.9 Å². The molecule has 0 amide bonds. The van der Waals surface area contributed by atoms with Crippen molar-refractivity contribution in [3.05, 3.63) is 46.0 Å². The predicted octanol–water partition coefficient (Wildman–Crippen LogP) is 3.16. The number of H-pyrrole nitrogens is 1. The Morgan fingerprint density at radius 1 is 1.15 bits per heavy atom. The third-order valence-corrected chi connectivity index (χ3v) is 3.62. The van der Waals surface area contributed by atoms with Gasteiger partial charge in [0.05, 0.1) is 5.52 Å². The van der Waals surface area contributed by atoms with Gasteiger partial charge in [0.15, 0.2) is 0 Å². The number of benzene rings is 1. The molecule has 108 valence electrons. The van der Waals surface area contributed by atoms with E-state index >= 15 is 0 Å². The summed E-state index contributed by atoms with van der Waals surface area (Å²) in [6.07, 6.45) is 2.03. The number of hydrogen-bond acceptors (Lipinski definition) is 2. The van der Waals surface area contributed by atoms with Gasteiger partial charge in [-0.15, -0.1) is 0 Å². The number of aromatic nitrogens is 1. The Kier molecular flexibility index (Phi) is 4.90. The topological polar surface area (TPSA) is 44.9 Å². The molecule has 1 aromatic carbocycles. The van der Waals surface area contributed by atoms with Crippen LogP contribution in [0.1, 0.15) is 38.2 Å². The summed E-state index contributed by atoms with van der Waals surface area (Å²) in [6.45, 7) is 5.94. The van der Waals surface area contributed by atoms with Gasteiger partial charge in [-0.2, -0.15) is 0 Å². The lowest BCUT2D eigenvalue weighted by atomic mass is 9.89. The standard InChI is InChI=1S/C14H15FN2O.C2H6/c15-12-7-10(9-3-5-16-6-4-9)8-13-11(12)1-2-14(18)17-13;1-2/h1-2,7-9,16H,3-6H2,(H,17,18);1-2H3. The summed E-state index contributed by atoms with van der Waals surface area (Å²) < 4.78 is 14.0. The number of piperidine rings is 1. The summed E-state index contributed by atoms with van der Waals surface area (Å²) in [5.41, 5.74) is 1.39. The quantitative estimate of drug-likeness (QED) is 0.840. The first-order valence-corrected chi connectivity index (χ1v) is 7.27. The van der Waals surface area contributed by atoms with E-state index in [1.165, 1.54) is 12.1 Å². The number of hydrogen-bond donors (Lipinski definition) is 2. The van der Waals surface area contributed by atoms with Crippen molar-refractivity contribution >= 4 is 10.9 Å². The maximum Gasteiger partial charge on any atom is 0.248 e. The molecule has 2 aromatic rings. The normalized spacial score (nSPS) is 15.8. The highest BCUT2D eigenvalue weighted by Crippen LogP contribution is 2.28. The van der Waals surface area contributed by atoms with E-state index in [9.17, 15) is 9.18 Å². The van der Waals surface area contributed by atoms with E-state index < -0.39 is 0 Å². The summed E-state index contributed by atoms with van der Waals surface area (Å²) in [6, 6.07) is 6.41. The molecular formula is C16H21FN2O. The number of rotatable bonds is 1. The number of aromatic amines is 1. The molecule has 3 nitrogen and oxygen atoms in total. The second-order valence-electron chi connectivity index (χ2n) is 4.81. The molecule has 0 atom stereocenters. The SMILES string of the molecule is CC.O=c1ccc2c(F)cc(C3CCNCC3)cc2[nH]1. The maximum atomic E-state index is 14.0. The van der Waals surface area contributed by atoms with E-state index in [4.69, 9.17) is 0 Å². The molecule has 4 heteroatoms. The Morgan fingerprint density at radius 2 is 1.85 bits per heavy atom. The number of halogens is 1. The summed E-state index contributed by atoms with van der Waals surface area (Å²) in [5, 5.41) is 3.77. The first-order valence-electron chi connectivity index (χ1n) is 7.27. The summed E-state index contributed by atoms with van der Waals surface area (Å²) in [4.78, 5) is 14.0. The third-order valence-electron chi connectivity index (χ3n) is 3.62. The minimum Gasteiger partial charge on any atom is -0.322 e. The fourth-order valence-corrected chi connectivity index (χ4v) is 2.64. The first kappa shape index (κ1) is 14.7. The fourth-order valence-electron chi connectivity index (χ4n) is 2.64.